The van der Waals surface area contributed by atoms with Crippen molar-refractivity contribution in [3.63, 3.8) is 0 Å². The topological polar surface area (TPSA) is 73.2 Å². The molecule has 1 aliphatic heterocycles. The monoisotopic (exact) mass is 343 g/mol. The van der Waals surface area contributed by atoms with Crippen LogP contribution in [-0.4, -0.2) is 38.4 Å². The van der Waals surface area contributed by atoms with Crippen LogP contribution in [0, 0.1) is 11.3 Å². The summed E-state index contributed by atoms with van der Waals surface area (Å²) in [5.41, 5.74) is 0.329. The van der Waals surface area contributed by atoms with E-state index in [0.717, 1.165) is 0 Å². The van der Waals surface area contributed by atoms with Gasteiger partial charge in [0.2, 0.25) is 10.0 Å². The summed E-state index contributed by atoms with van der Waals surface area (Å²) in [5, 5.41) is 12.1. The third-order valence-electron chi connectivity index (χ3n) is 3.05. The first-order valence-corrected chi connectivity index (χ1v) is 8.11. The molecule has 1 aliphatic rings. The standard InChI is InChI=1S/C12H14BrN3O2S/c1-9-8-15-2-3-16(9)19(17,18)12-5-10(7-14)4-11(13)6-12/h4-6,9,15H,2-3,8H2,1H3. The smallest absolute Gasteiger partial charge is 0.243 e. The normalized spacial score (nSPS) is 21.0. The SMILES string of the molecule is CC1CNCCN1S(=O)(=O)c1cc(Br)cc(C#N)c1. The lowest BCUT2D eigenvalue weighted by Crippen LogP contribution is -2.52. The van der Waals surface area contributed by atoms with E-state index in [9.17, 15) is 8.42 Å². The van der Waals surface area contributed by atoms with Crippen molar-refractivity contribution in [3.05, 3.63) is 28.2 Å². The van der Waals surface area contributed by atoms with Gasteiger partial charge in [0.15, 0.2) is 0 Å². The highest BCUT2D eigenvalue weighted by molar-refractivity contribution is 9.10. The van der Waals surface area contributed by atoms with Gasteiger partial charge in [0.05, 0.1) is 16.5 Å². The van der Waals surface area contributed by atoms with Gasteiger partial charge < -0.3 is 5.32 Å². The zero-order chi connectivity index (χ0) is 14.0. The van der Waals surface area contributed by atoms with Crippen molar-refractivity contribution in [2.45, 2.75) is 17.9 Å². The predicted molar refractivity (Wildman–Crippen MR) is 75.1 cm³/mol. The molecular weight excluding hydrogens is 330 g/mol. The zero-order valence-electron chi connectivity index (χ0n) is 10.4. The summed E-state index contributed by atoms with van der Waals surface area (Å²) in [4.78, 5) is 0.159. The van der Waals surface area contributed by atoms with Crippen molar-refractivity contribution in [1.29, 1.82) is 5.26 Å². The van der Waals surface area contributed by atoms with Crippen LogP contribution in [-0.2, 0) is 10.0 Å². The number of hydrogen-bond donors (Lipinski definition) is 1. The van der Waals surface area contributed by atoms with E-state index in [1.54, 1.807) is 6.07 Å². The molecule has 0 aromatic heterocycles. The fourth-order valence-corrected chi connectivity index (χ4v) is 4.44. The lowest BCUT2D eigenvalue weighted by atomic mass is 10.2. The van der Waals surface area contributed by atoms with Crippen LogP contribution in [0.15, 0.2) is 27.6 Å². The van der Waals surface area contributed by atoms with E-state index < -0.39 is 10.0 Å². The highest BCUT2D eigenvalue weighted by Gasteiger charge is 2.31. The first-order chi connectivity index (χ1) is 8.95. The van der Waals surface area contributed by atoms with E-state index in [0.29, 0.717) is 29.7 Å². The molecule has 1 atom stereocenters. The Labute approximate surface area is 121 Å². The van der Waals surface area contributed by atoms with Gasteiger partial charge in [-0.2, -0.15) is 9.57 Å². The minimum Gasteiger partial charge on any atom is -0.314 e. The van der Waals surface area contributed by atoms with Gasteiger partial charge >= 0.3 is 0 Å². The maximum absolute atomic E-state index is 12.6. The van der Waals surface area contributed by atoms with Crippen LogP contribution in [0.2, 0.25) is 0 Å². The summed E-state index contributed by atoms with van der Waals surface area (Å²) >= 11 is 3.24. The fraction of sp³-hybridized carbons (Fsp3) is 0.417. The van der Waals surface area contributed by atoms with Gasteiger partial charge in [0.25, 0.3) is 0 Å². The molecule has 1 fully saturated rings. The number of halogens is 1. The van der Waals surface area contributed by atoms with Crippen LogP contribution in [0.1, 0.15) is 12.5 Å². The molecule has 5 nitrogen and oxygen atoms in total. The molecule has 0 saturated carbocycles. The summed E-state index contributed by atoms with van der Waals surface area (Å²) in [6.07, 6.45) is 0. The van der Waals surface area contributed by atoms with Gasteiger partial charge in [-0.1, -0.05) is 15.9 Å². The van der Waals surface area contributed by atoms with Crippen molar-refractivity contribution in [1.82, 2.24) is 9.62 Å². The van der Waals surface area contributed by atoms with Crippen LogP contribution < -0.4 is 5.32 Å². The summed E-state index contributed by atoms with van der Waals surface area (Å²) in [6.45, 7) is 3.59. The average molecular weight is 344 g/mol. The Morgan fingerprint density at radius 2 is 2.21 bits per heavy atom. The molecule has 1 aromatic carbocycles. The second-order valence-corrected chi connectivity index (χ2v) is 7.26. The molecule has 102 valence electrons. The average Bonchev–Trinajstić information content (AvgIpc) is 2.38. The third-order valence-corrected chi connectivity index (χ3v) is 5.50. The largest absolute Gasteiger partial charge is 0.314 e. The number of nitrogens with zero attached hydrogens (tertiary/aromatic N) is 2. The number of rotatable bonds is 2. The van der Waals surface area contributed by atoms with E-state index in [1.807, 2.05) is 13.0 Å². The quantitative estimate of drug-likeness (QED) is 0.878. The number of piperazine rings is 1. The second-order valence-electron chi connectivity index (χ2n) is 4.46. The lowest BCUT2D eigenvalue weighted by Gasteiger charge is -2.32. The number of hydrogen-bond acceptors (Lipinski definition) is 4. The number of nitrogens with one attached hydrogen (secondary N) is 1. The Kier molecular flexibility index (Phi) is 4.26. The Morgan fingerprint density at radius 3 is 2.84 bits per heavy atom. The molecule has 7 heteroatoms. The first-order valence-electron chi connectivity index (χ1n) is 5.88. The van der Waals surface area contributed by atoms with Crippen molar-refractivity contribution in [3.8, 4) is 6.07 Å². The van der Waals surface area contributed by atoms with Crippen LogP contribution >= 0.6 is 15.9 Å². The third kappa shape index (κ3) is 2.98. The molecule has 1 unspecified atom stereocenters. The first kappa shape index (κ1) is 14.5. The molecule has 2 rings (SSSR count). The molecular formula is C12H14BrN3O2S. The molecule has 1 aromatic rings. The second kappa shape index (κ2) is 5.59. The maximum atomic E-state index is 12.6. The molecule has 19 heavy (non-hydrogen) atoms. The maximum Gasteiger partial charge on any atom is 0.243 e. The highest BCUT2D eigenvalue weighted by atomic mass is 79.9. The van der Waals surface area contributed by atoms with Gasteiger partial charge in [0.1, 0.15) is 0 Å². The molecule has 1 heterocycles. The van der Waals surface area contributed by atoms with Crippen molar-refractivity contribution in [2.75, 3.05) is 19.6 Å². The molecule has 0 bridgehead atoms. The molecule has 1 N–H and O–H groups in total. The van der Waals surface area contributed by atoms with E-state index >= 15 is 0 Å². The van der Waals surface area contributed by atoms with Crippen LogP contribution in [0.3, 0.4) is 0 Å². The zero-order valence-corrected chi connectivity index (χ0v) is 12.8. The van der Waals surface area contributed by atoms with Crippen LogP contribution in [0.4, 0.5) is 0 Å². The lowest BCUT2D eigenvalue weighted by molar-refractivity contribution is 0.284. The Bertz CT molecular complexity index is 624. The summed E-state index contributed by atoms with van der Waals surface area (Å²) in [5.74, 6) is 0. The van der Waals surface area contributed by atoms with Gasteiger partial charge in [0, 0.05) is 30.1 Å². The predicted octanol–water partition coefficient (Wildman–Crippen LogP) is 1.30. The van der Waals surface area contributed by atoms with E-state index in [2.05, 4.69) is 21.2 Å². The fourth-order valence-electron chi connectivity index (χ4n) is 2.09. The van der Waals surface area contributed by atoms with E-state index in [-0.39, 0.29) is 10.9 Å². The Balaban J connectivity index is 2.44. The number of benzene rings is 1. The summed E-state index contributed by atoms with van der Waals surface area (Å²) < 4.78 is 27.2. The van der Waals surface area contributed by atoms with Gasteiger partial charge in [-0.25, -0.2) is 8.42 Å². The Morgan fingerprint density at radius 1 is 1.47 bits per heavy atom. The molecule has 0 amide bonds. The number of sulfonamides is 1. The van der Waals surface area contributed by atoms with Crippen molar-refractivity contribution < 1.29 is 8.42 Å². The van der Waals surface area contributed by atoms with E-state index in [4.69, 9.17) is 5.26 Å². The van der Waals surface area contributed by atoms with Gasteiger partial charge in [-0.3, -0.25) is 0 Å². The minimum atomic E-state index is -3.55. The molecule has 0 radical (unpaired) electrons. The van der Waals surface area contributed by atoms with Crippen molar-refractivity contribution in [2.24, 2.45) is 0 Å². The van der Waals surface area contributed by atoms with E-state index in [1.165, 1.54) is 16.4 Å². The molecule has 1 saturated heterocycles. The van der Waals surface area contributed by atoms with Gasteiger partial charge in [-0.15, -0.1) is 0 Å². The van der Waals surface area contributed by atoms with Gasteiger partial charge in [-0.05, 0) is 25.1 Å². The summed E-state index contributed by atoms with van der Waals surface area (Å²) in [7, 11) is -3.55. The Hall–Kier alpha value is -0.940. The highest BCUT2D eigenvalue weighted by Crippen LogP contribution is 2.24. The number of nitriles is 1. The van der Waals surface area contributed by atoms with Crippen LogP contribution in [0.5, 0.6) is 0 Å². The summed E-state index contributed by atoms with van der Waals surface area (Å²) in [6, 6.07) is 6.42. The van der Waals surface area contributed by atoms with Crippen molar-refractivity contribution >= 4 is 26.0 Å². The molecule has 0 aliphatic carbocycles. The molecule has 0 spiro atoms. The van der Waals surface area contributed by atoms with Crippen LogP contribution in [0.25, 0.3) is 0 Å². The minimum absolute atomic E-state index is 0.0942.